The maximum absolute atomic E-state index is 10.6. The van der Waals surface area contributed by atoms with Crippen LogP contribution in [0.3, 0.4) is 0 Å². The Kier molecular flexibility index (Phi) is 4.80. The molecular formula is C16H31NO3. The van der Waals surface area contributed by atoms with E-state index in [0.29, 0.717) is 5.92 Å². The average Bonchev–Trinajstić information content (AvgIpc) is 2.49. The van der Waals surface area contributed by atoms with Crippen LogP contribution in [0.15, 0.2) is 0 Å². The summed E-state index contributed by atoms with van der Waals surface area (Å²) in [5.41, 5.74) is -0.749. The second-order valence-electron chi connectivity index (χ2n) is 7.64. The van der Waals surface area contributed by atoms with Gasteiger partial charge >= 0.3 is 0 Å². The molecule has 0 aromatic rings. The molecule has 3 atom stereocenters. The van der Waals surface area contributed by atoms with Crippen LogP contribution >= 0.6 is 0 Å². The van der Waals surface area contributed by atoms with E-state index in [0.717, 1.165) is 26.1 Å². The summed E-state index contributed by atoms with van der Waals surface area (Å²) in [7, 11) is 0. The summed E-state index contributed by atoms with van der Waals surface area (Å²) in [6, 6.07) is 0. The Morgan fingerprint density at radius 3 is 2.45 bits per heavy atom. The molecule has 0 spiro atoms. The Morgan fingerprint density at radius 1 is 1.20 bits per heavy atom. The molecule has 4 nitrogen and oxygen atoms in total. The molecule has 0 aromatic heterocycles. The molecule has 0 aliphatic carbocycles. The molecule has 0 aromatic carbocycles. The van der Waals surface area contributed by atoms with Crippen LogP contribution in [0.5, 0.6) is 0 Å². The van der Waals surface area contributed by atoms with Gasteiger partial charge < -0.3 is 19.8 Å². The maximum atomic E-state index is 10.6. The number of nitrogens with zero attached hydrogens (tertiary/aromatic N) is 1. The fourth-order valence-electron chi connectivity index (χ4n) is 4.01. The maximum Gasteiger partial charge on any atom is 0.0896 e. The highest BCUT2D eigenvalue weighted by molar-refractivity contribution is 5.02. The first-order valence-corrected chi connectivity index (χ1v) is 7.98. The standard InChI is InChI=1S/C16H31NO3/c1-15(2)13(14(19)16(3,4)20-15)11-17-8-5-6-12(10-17)7-9-18/h12-14,18-19H,5-11H2,1-4H3. The third kappa shape index (κ3) is 3.35. The zero-order chi connectivity index (χ0) is 15.0. The Bertz CT molecular complexity index is 328. The van der Waals surface area contributed by atoms with Crippen molar-refractivity contribution in [3.63, 3.8) is 0 Å². The van der Waals surface area contributed by atoms with Gasteiger partial charge in [-0.15, -0.1) is 0 Å². The largest absolute Gasteiger partial charge is 0.396 e. The van der Waals surface area contributed by atoms with Crippen LogP contribution in [-0.2, 0) is 4.74 Å². The van der Waals surface area contributed by atoms with E-state index >= 15 is 0 Å². The predicted octanol–water partition coefficient (Wildman–Crippen LogP) is 1.65. The van der Waals surface area contributed by atoms with Crippen molar-refractivity contribution in [1.29, 1.82) is 0 Å². The van der Waals surface area contributed by atoms with E-state index in [4.69, 9.17) is 9.84 Å². The van der Waals surface area contributed by atoms with Crippen LogP contribution in [0, 0.1) is 11.8 Å². The molecule has 2 aliphatic rings. The van der Waals surface area contributed by atoms with E-state index in [-0.39, 0.29) is 18.1 Å². The SMILES string of the molecule is CC1(C)OC(C)(C)C(CN2CCCC(CCO)C2)C1O. The molecule has 0 bridgehead atoms. The van der Waals surface area contributed by atoms with E-state index < -0.39 is 11.7 Å². The molecule has 2 aliphatic heterocycles. The van der Waals surface area contributed by atoms with Gasteiger partial charge in [0.25, 0.3) is 0 Å². The number of ether oxygens (including phenoxy) is 1. The molecule has 0 amide bonds. The lowest BCUT2D eigenvalue weighted by Crippen LogP contribution is -2.46. The topological polar surface area (TPSA) is 52.9 Å². The van der Waals surface area contributed by atoms with Crippen molar-refractivity contribution in [3.8, 4) is 0 Å². The zero-order valence-electron chi connectivity index (χ0n) is 13.4. The number of likely N-dealkylation sites (tertiary alicyclic amines) is 1. The molecule has 20 heavy (non-hydrogen) atoms. The van der Waals surface area contributed by atoms with Crippen LogP contribution in [-0.4, -0.2) is 58.7 Å². The minimum absolute atomic E-state index is 0.144. The molecule has 0 saturated carbocycles. The highest BCUT2D eigenvalue weighted by atomic mass is 16.5. The lowest BCUT2D eigenvalue weighted by Gasteiger charge is -2.37. The van der Waals surface area contributed by atoms with E-state index in [2.05, 4.69) is 18.7 Å². The average molecular weight is 285 g/mol. The molecular weight excluding hydrogens is 254 g/mol. The van der Waals surface area contributed by atoms with Crippen molar-refractivity contribution >= 4 is 0 Å². The van der Waals surface area contributed by atoms with E-state index in [1.165, 1.54) is 12.8 Å². The minimum Gasteiger partial charge on any atom is -0.396 e. The Hall–Kier alpha value is -0.160. The summed E-state index contributed by atoms with van der Waals surface area (Å²) in [6.07, 6.45) is 2.89. The van der Waals surface area contributed by atoms with Gasteiger partial charge in [-0.3, -0.25) is 0 Å². The number of aliphatic hydroxyl groups is 2. The molecule has 2 saturated heterocycles. The smallest absolute Gasteiger partial charge is 0.0896 e. The number of piperidine rings is 1. The highest BCUT2D eigenvalue weighted by Gasteiger charge is 2.53. The van der Waals surface area contributed by atoms with E-state index in [9.17, 15) is 5.11 Å². The lowest BCUT2D eigenvalue weighted by atomic mass is 9.83. The summed E-state index contributed by atoms with van der Waals surface area (Å²) in [5, 5.41) is 19.7. The number of rotatable bonds is 4. The molecule has 118 valence electrons. The van der Waals surface area contributed by atoms with Gasteiger partial charge in [0.1, 0.15) is 0 Å². The van der Waals surface area contributed by atoms with Gasteiger partial charge in [0.05, 0.1) is 17.3 Å². The van der Waals surface area contributed by atoms with Crippen LogP contribution in [0.4, 0.5) is 0 Å². The van der Waals surface area contributed by atoms with Crippen molar-refractivity contribution in [2.75, 3.05) is 26.2 Å². The first-order chi connectivity index (χ1) is 9.26. The number of hydrogen-bond acceptors (Lipinski definition) is 4. The monoisotopic (exact) mass is 285 g/mol. The van der Waals surface area contributed by atoms with Crippen molar-refractivity contribution in [1.82, 2.24) is 4.90 Å². The molecule has 2 heterocycles. The summed E-state index contributed by atoms with van der Waals surface area (Å²) in [4.78, 5) is 2.45. The van der Waals surface area contributed by atoms with Crippen molar-refractivity contribution in [2.24, 2.45) is 11.8 Å². The second kappa shape index (κ2) is 5.91. The highest BCUT2D eigenvalue weighted by Crippen LogP contribution is 2.42. The van der Waals surface area contributed by atoms with Crippen LogP contribution < -0.4 is 0 Å². The Morgan fingerprint density at radius 2 is 1.90 bits per heavy atom. The summed E-state index contributed by atoms with van der Waals surface area (Å²) < 4.78 is 6.06. The van der Waals surface area contributed by atoms with E-state index in [1.807, 2.05) is 13.8 Å². The van der Waals surface area contributed by atoms with Crippen molar-refractivity contribution in [2.45, 2.75) is 64.3 Å². The Labute approximate surface area is 123 Å². The minimum atomic E-state index is -0.464. The first kappa shape index (κ1) is 16.2. The van der Waals surface area contributed by atoms with Crippen molar-refractivity contribution < 1.29 is 14.9 Å². The summed E-state index contributed by atoms with van der Waals surface area (Å²) in [6.45, 7) is 11.4. The van der Waals surface area contributed by atoms with E-state index in [1.54, 1.807) is 0 Å². The van der Waals surface area contributed by atoms with Crippen molar-refractivity contribution in [3.05, 3.63) is 0 Å². The lowest BCUT2D eigenvalue weighted by molar-refractivity contribution is -0.0915. The first-order valence-electron chi connectivity index (χ1n) is 7.98. The molecule has 2 rings (SSSR count). The predicted molar refractivity (Wildman–Crippen MR) is 79.6 cm³/mol. The number of aliphatic hydroxyl groups excluding tert-OH is 2. The zero-order valence-corrected chi connectivity index (χ0v) is 13.4. The van der Waals surface area contributed by atoms with Gasteiger partial charge in [-0.25, -0.2) is 0 Å². The molecule has 0 radical (unpaired) electrons. The third-order valence-corrected chi connectivity index (χ3v) is 5.11. The van der Waals surface area contributed by atoms with Crippen LogP contribution in [0.2, 0.25) is 0 Å². The molecule has 3 unspecified atom stereocenters. The fraction of sp³-hybridized carbons (Fsp3) is 1.00. The quantitative estimate of drug-likeness (QED) is 0.824. The summed E-state index contributed by atoms with van der Waals surface area (Å²) >= 11 is 0. The Balaban J connectivity index is 1.98. The molecule has 4 heteroatoms. The van der Waals surface area contributed by atoms with Crippen LogP contribution in [0.1, 0.15) is 47.0 Å². The second-order valence-corrected chi connectivity index (χ2v) is 7.64. The number of hydrogen-bond donors (Lipinski definition) is 2. The van der Waals surface area contributed by atoms with Gasteiger partial charge in [-0.2, -0.15) is 0 Å². The van der Waals surface area contributed by atoms with Gasteiger partial charge in [-0.1, -0.05) is 0 Å². The van der Waals surface area contributed by atoms with Gasteiger partial charge in [0.2, 0.25) is 0 Å². The molecule has 2 fully saturated rings. The van der Waals surface area contributed by atoms with Crippen LogP contribution in [0.25, 0.3) is 0 Å². The normalized spacial score (nSPS) is 37.2. The van der Waals surface area contributed by atoms with Gasteiger partial charge in [0.15, 0.2) is 0 Å². The third-order valence-electron chi connectivity index (χ3n) is 5.11. The van der Waals surface area contributed by atoms with Gasteiger partial charge in [0, 0.05) is 25.6 Å². The van der Waals surface area contributed by atoms with Gasteiger partial charge in [-0.05, 0) is 59.4 Å². The summed E-state index contributed by atoms with van der Waals surface area (Å²) in [5.74, 6) is 0.745. The fourth-order valence-corrected chi connectivity index (χ4v) is 4.01. The molecule has 2 N–H and O–H groups in total.